The maximum Gasteiger partial charge on any atom is 0.288 e. The highest BCUT2D eigenvalue weighted by molar-refractivity contribution is 6.32. The van der Waals surface area contributed by atoms with Crippen LogP contribution in [0, 0.1) is 10.1 Å². The van der Waals surface area contributed by atoms with Crippen LogP contribution < -0.4 is 0 Å². The van der Waals surface area contributed by atoms with Crippen molar-refractivity contribution in [3.63, 3.8) is 0 Å². The molecule has 0 saturated heterocycles. The SMILES string of the molecule is O=C1c2ccccc2C2CC(c3ccc(Cl)c([N+](=O)[O-])c3)=NN12. The molecular formula is C16H10ClN3O3. The van der Waals surface area contributed by atoms with Crippen LogP contribution in [0.4, 0.5) is 5.69 Å². The lowest BCUT2D eigenvalue weighted by molar-refractivity contribution is -0.384. The van der Waals surface area contributed by atoms with Crippen LogP contribution in [0.2, 0.25) is 5.02 Å². The minimum atomic E-state index is -0.525. The van der Waals surface area contributed by atoms with Gasteiger partial charge < -0.3 is 0 Å². The van der Waals surface area contributed by atoms with E-state index in [-0.39, 0.29) is 22.7 Å². The Labute approximate surface area is 136 Å². The number of carbonyl (C=O) groups is 1. The molecule has 2 aliphatic rings. The third kappa shape index (κ3) is 2.03. The van der Waals surface area contributed by atoms with Gasteiger partial charge in [-0.15, -0.1) is 0 Å². The van der Waals surface area contributed by atoms with E-state index < -0.39 is 4.92 Å². The zero-order valence-electron chi connectivity index (χ0n) is 11.8. The molecule has 4 rings (SSSR count). The predicted molar refractivity (Wildman–Crippen MR) is 84.6 cm³/mol. The van der Waals surface area contributed by atoms with Gasteiger partial charge in [0.15, 0.2) is 0 Å². The molecule has 2 aromatic carbocycles. The first kappa shape index (κ1) is 13.9. The van der Waals surface area contributed by atoms with Gasteiger partial charge in [0.1, 0.15) is 5.02 Å². The second kappa shape index (κ2) is 4.89. The van der Waals surface area contributed by atoms with Crippen molar-refractivity contribution < 1.29 is 9.72 Å². The third-order valence-electron chi connectivity index (χ3n) is 4.14. The molecule has 0 aromatic heterocycles. The van der Waals surface area contributed by atoms with Crippen LogP contribution in [-0.2, 0) is 0 Å². The summed E-state index contributed by atoms with van der Waals surface area (Å²) < 4.78 is 0. The monoisotopic (exact) mass is 327 g/mol. The van der Waals surface area contributed by atoms with Crippen molar-refractivity contribution in [2.75, 3.05) is 0 Å². The second-order valence-corrected chi connectivity index (χ2v) is 5.83. The van der Waals surface area contributed by atoms with Crippen molar-refractivity contribution in [2.24, 2.45) is 5.10 Å². The number of nitro benzene ring substituents is 1. The molecule has 2 aliphatic heterocycles. The van der Waals surface area contributed by atoms with E-state index in [2.05, 4.69) is 5.10 Å². The summed E-state index contributed by atoms with van der Waals surface area (Å²) in [7, 11) is 0. The van der Waals surface area contributed by atoms with E-state index in [9.17, 15) is 14.9 Å². The Morgan fingerprint density at radius 3 is 2.83 bits per heavy atom. The molecule has 0 N–H and O–H groups in total. The number of rotatable bonds is 2. The number of halogens is 1. The average molecular weight is 328 g/mol. The maximum absolute atomic E-state index is 12.4. The van der Waals surface area contributed by atoms with Crippen molar-refractivity contribution in [3.8, 4) is 0 Å². The van der Waals surface area contributed by atoms with E-state index in [1.54, 1.807) is 12.1 Å². The maximum atomic E-state index is 12.4. The molecule has 1 unspecified atom stereocenters. The second-order valence-electron chi connectivity index (χ2n) is 5.43. The first-order chi connectivity index (χ1) is 11.1. The van der Waals surface area contributed by atoms with Gasteiger partial charge >= 0.3 is 0 Å². The topological polar surface area (TPSA) is 75.8 Å². The minimum absolute atomic E-state index is 0.0827. The molecule has 6 nitrogen and oxygen atoms in total. The number of hydrogen-bond acceptors (Lipinski definition) is 4. The molecule has 0 radical (unpaired) electrons. The number of nitrogens with zero attached hydrogens (tertiary/aromatic N) is 3. The number of amides is 1. The van der Waals surface area contributed by atoms with Crippen LogP contribution in [0.5, 0.6) is 0 Å². The highest BCUT2D eigenvalue weighted by atomic mass is 35.5. The van der Waals surface area contributed by atoms with E-state index in [1.165, 1.54) is 17.1 Å². The van der Waals surface area contributed by atoms with Crippen molar-refractivity contribution in [1.29, 1.82) is 0 Å². The molecule has 0 bridgehead atoms. The Morgan fingerprint density at radius 1 is 1.26 bits per heavy atom. The van der Waals surface area contributed by atoms with Gasteiger partial charge in [0, 0.05) is 23.6 Å². The molecule has 114 valence electrons. The van der Waals surface area contributed by atoms with Gasteiger partial charge in [-0.3, -0.25) is 14.9 Å². The van der Waals surface area contributed by atoms with Gasteiger partial charge in [-0.2, -0.15) is 5.10 Å². The van der Waals surface area contributed by atoms with Crippen molar-refractivity contribution in [2.45, 2.75) is 12.5 Å². The fraction of sp³-hybridized carbons (Fsp3) is 0.125. The summed E-state index contributed by atoms with van der Waals surface area (Å²) in [5.74, 6) is -0.135. The van der Waals surface area contributed by atoms with Gasteiger partial charge in [0.2, 0.25) is 0 Å². The molecule has 7 heteroatoms. The quantitative estimate of drug-likeness (QED) is 0.625. The number of hydrogen-bond donors (Lipinski definition) is 0. The summed E-state index contributed by atoms with van der Waals surface area (Å²) >= 11 is 5.84. The lowest BCUT2D eigenvalue weighted by Crippen LogP contribution is -2.17. The number of carbonyl (C=O) groups excluding carboxylic acids is 1. The summed E-state index contributed by atoms with van der Waals surface area (Å²) in [5.41, 5.74) is 2.71. The number of benzene rings is 2. The number of hydrazone groups is 1. The molecule has 2 heterocycles. The Hall–Kier alpha value is -2.73. The highest BCUT2D eigenvalue weighted by Crippen LogP contribution is 2.41. The Bertz CT molecular complexity index is 894. The lowest BCUT2D eigenvalue weighted by atomic mass is 9.98. The van der Waals surface area contributed by atoms with Gasteiger partial charge in [-0.05, 0) is 17.7 Å². The number of fused-ring (bicyclic) bond motifs is 3. The predicted octanol–water partition coefficient (Wildman–Crippen LogP) is 3.55. The summed E-state index contributed by atoms with van der Waals surface area (Å²) in [6, 6.07) is 11.9. The van der Waals surface area contributed by atoms with E-state index in [1.807, 2.05) is 18.2 Å². The van der Waals surface area contributed by atoms with Crippen LogP contribution in [-0.4, -0.2) is 21.6 Å². The van der Waals surface area contributed by atoms with E-state index in [4.69, 9.17) is 11.6 Å². The molecule has 0 fully saturated rings. The van der Waals surface area contributed by atoms with Crippen LogP contribution in [0.15, 0.2) is 47.6 Å². The van der Waals surface area contributed by atoms with Gasteiger partial charge in [0.25, 0.3) is 11.6 Å². The summed E-state index contributed by atoms with van der Waals surface area (Å²) in [4.78, 5) is 22.9. The standard InChI is InChI=1S/C16H10ClN3O3/c17-12-6-5-9(7-15(12)20(22)23)13-8-14-10-3-1-2-4-11(10)16(21)19(14)18-13/h1-7,14H,8H2. The molecule has 1 atom stereocenters. The molecular weight excluding hydrogens is 318 g/mol. The van der Waals surface area contributed by atoms with E-state index in [0.717, 1.165) is 5.56 Å². The summed E-state index contributed by atoms with van der Waals surface area (Å²) in [5, 5.41) is 16.9. The average Bonchev–Trinajstić information content (AvgIpc) is 3.08. The Kier molecular flexibility index (Phi) is 2.96. The first-order valence-electron chi connectivity index (χ1n) is 7.00. The van der Waals surface area contributed by atoms with Crippen LogP contribution in [0.1, 0.15) is 33.9 Å². The largest absolute Gasteiger partial charge is 0.288 e. The van der Waals surface area contributed by atoms with Gasteiger partial charge in [-0.25, -0.2) is 5.01 Å². The van der Waals surface area contributed by atoms with Gasteiger partial charge in [-0.1, -0.05) is 35.9 Å². The van der Waals surface area contributed by atoms with Crippen molar-refractivity contribution in [3.05, 3.63) is 74.3 Å². The fourth-order valence-corrected chi connectivity index (χ4v) is 3.24. The van der Waals surface area contributed by atoms with Crippen molar-refractivity contribution in [1.82, 2.24) is 5.01 Å². The van der Waals surface area contributed by atoms with Crippen LogP contribution >= 0.6 is 11.6 Å². The number of nitro groups is 1. The van der Waals surface area contributed by atoms with Crippen LogP contribution in [0.3, 0.4) is 0 Å². The Balaban J connectivity index is 1.73. The van der Waals surface area contributed by atoms with Crippen LogP contribution in [0.25, 0.3) is 0 Å². The first-order valence-corrected chi connectivity index (χ1v) is 7.38. The van der Waals surface area contributed by atoms with Crippen molar-refractivity contribution >= 4 is 28.9 Å². The third-order valence-corrected chi connectivity index (χ3v) is 4.46. The van der Waals surface area contributed by atoms with E-state index in [0.29, 0.717) is 23.3 Å². The zero-order valence-corrected chi connectivity index (χ0v) is 12.5. The molecule has 0 aliphatic carbocycles. The zero-order chi connectivity index (χ0) is 16.1. The fourth-order valence-electron chi connectivity index (χ4n) is 3.05. The smallest absolute Gasteiger partial charge is 0.267 e. The van der Waals surface area contributed by atoms with Gasteiger partial charge in [0.05, 0.1) is 16.7 Å². The summed E-state index contributed by atoms with van der Waals surface area (Å²) in [6.45, 7) is 0. The molecule has 0 spiro atoms. The molecule has 2 aromatic rings. The minimum Gasteiger partial charge on any atom is -0.267 e. The summed E-state index contributed by atoms with van der Waals surface area (Å²) in [6.07, 6.45) is 0.529. The normalized spacial score (nSPS) is 18.7. The van der Waals surface area contributed by atoms with E-state index >= 15 is 0 Å². The lowest BCUT2D eigenvalue weighted by Gasteiger charge is -2.10. The Morgan fingerprint density at radius 2 is 2.04 bits per heavy atom. The molecule has 23 heavy (non-hydrogen) atoms. The molecule has 0 saturated carbocycles. The highest BCUT2D eigenvalue weighted by Gasteiger charge is 2.41. The molecule has 1 amide bonds.